The molecule has 2 aromatic heterocycles. The van der Waals surface area contributed by atoms with Crippen molar-refractivity contribution in [3.63, 3.8) is 0 Å². The summed E-state index contributed by atoms with van der Waals surface area (Å²) in [6.45, 7) is 4.62. The van der Waals surface area contributed by atoms with Crippen molar-refractivity contribution >= 4 is 22.5 Å². The number of hydrogen-bond donors (Lipinski definition) is 2. The first-order chi connectivity index (χ1) is 14.4. The van der Waals surface area contributed by atoms with Crippen LogP contribution in [0.25, 0.3) is 22.3 Å². The van der Waals surface area contributed by atoms with Gasteiger partial charge in [0.1, 0.15) is 5.69 Å². The molecule has 4 aromatic rings. The average molecular weight is 399 g/mol. The van der Waals surface area contributed by atoms with Crippen LogP contribution in [0.2, 0.25) is 0 Å². The van der Waals surface area contributed by atoms with Crippen molar-refractivity contribution in [3.05, 3.63) is 71.4 Å². The Morgan fingerprint density at radius 3 is 2.70 bits per heavy atom. The Bertz CT molecular complexity index is 1230. The molecule has 0 saturated heterocycles. The summed E-state index contributed by atoms with van der Waals surface area (Å²) in [5.74, 6) is -0.0229. The number of nitrogens with zero attached hydrogens (tertiary/aromatic N) is 2. The number of carbonyl (C=O) groups is 1. The van der Waals surface area contributed by atoms with Gasteiger partial charge in [0.2, 0.25) is 0 Å². The molecule has 152 valence electrons. The highest BCUT2D eigenvalue weighted by atomic mass is 16.2. The number of para-hydroxylation sites is 1. The van der Waals surface area contributed by atoms with Crippen LogP contribution < -0.4 is 4.90 Å². The minimum absolute atomic E-state index is 0.0229. The van der Waals surface area contributed by atoms with Crippen LogP contribution in [0.15, 0.2) is 54.6 Å². The van der Waals surface area contributed by atoms with E-state index in [4.69, 9.17) is 0 Å². The van der Waals surface area contributed by atoms with Crippen molar-refractivity contribution in [2.24, 2.45) is 5.41 Å². The van der Waals surface area contributed by atoms with Gasteiger partial charge in [-0.15, -0.1) is 0 Å². The largest absolute Gasteiger partial charge is 0.353 e. The molecule has 1 aliphatic rings. The van der Waals surface area contributed by atoms with Crippen LogP contribution in [-0.4, -0.2) is 28.1 Å². The summed E-state index contributed by atoms with van der Waals surface area (Å²) in [5, 5.41) is 8.90. The number of carbonyl (C=O) groups excluding carboxylic acids is 1. The normalized spacial score (nSPS) is 15.2. The fraction of sp³-hybridized carbons (Fsp3) is 0.280. The van der Waals surface area contributed by atoms with Gasteiger partial charge in [-0.25, -0.2) is 0 Å². The second-order valence-electron chi connectivity index (χ2n) is 9.06. The number of anilines is 1. The van der Waals surface area contributed by atoms with E-state index in [1.54, 1.807) is 4.90 Å². The van der Waals surface area contributed by atoms with E-state index in [-0.39, 0.29) is 5.91 Å². The van der Waals surface area contributed by atoms with Crippen LogP contribution in [0.4, 0.5) is 5.69 Å². The average Bonchev–Trinajstić information content (AvgIpc) is 3.35. The molecule has 0 fully saturated rings. The summed E-state index contributed by atoms with van der Waals surface area (Å²) < 4.78 is 0. The van der Waals surface area contributed by atoms with Gasteiger partial charge in [-0.2, -0.15) is 5.10 Å². The van der Waals surface area contributed by atoms with Gasteiger partial charge in [0, 0.05) is 40.5 Å². The van der Waals surface area contributed by atoms with Crippen LogP contribution in [-0.2, 0) is 12.8 Å². The zero-order valence-electron chi connectivity index (χ0n) is 17.6. The lowest BCUT2D eigenvalue weighted by Gasteiger charge is -2.28. The standard InChI is InChI=1S/C25H26N4O/c1-25(2)12-11-19-22(15-25)27-28-23(19)21-14-17-13-16(9-10-20(17)26-21)24(30)29(3)18-7-5-4-6-8-18/h4-10,13-14,26H,11-12,15H2,1-3H3,(H,27,28). The highest BCUT2D eigenvalue weighted by Crippen LogP contribution is 2.38. The molecule has 5 heteroatoms. The maximum atomic E-state index is 13.0. The van der Waals surface area contributed by atoms with Crippen LogP contribution in [0.5, 0.6) is 0 Å². The van der Waals surface area contributed by atoms with E-state index in [0.29, 0.717) is 11.0 Å². The second-order valence-corrected chi connectivity index (χ2v) is 9.06. The van der Waals surface area contributed by atoms with Gasteiger partial charge in [-0.05, 0) is 61.1 Å². The number of aromatic amines is 2. The van der Waals surface area contributed by atoms with Gasteiger partial charge >= 0.3 is 0 Å². The molecular weight excluding hydrogens is 372 g/mol. The minimum atomic E-state index is -0.0229. The number of fused-ring (bicyclic) bond motifs is 2. The summed E-state index contributed by atoms with van der Waals surface area (Å²) in [4.78, 5) is 18.1. The first-order valence-electron chi connectivity index (χ1n) is 10.4. The van der Waals surface area contributed by atoms with E-state index in [1.165, 1.54) is 11.3 Å². The topological polar surface area (TPSA) is 64.8 Å². The van der Waals surface area contributed by atoms with Crippen molar-refractivity contribution in [2.75, 3.05) is 11.9 Å². The molecule has 1 amide bonds. The zero-order valence-corrected chi connectivity index (χ0v) is 17.6. The number of hydrogen-bond acceptors (Lipinski definition) is 2. The van der Waals surface area contributed by atoms with E-state index in [1.807, 2.05) is 55.6 Å². The molecule has 2 aromatic carbocycles. The maximum Gasteiger partial charge on any atom is 0.258 e. The van der Waals surface area contributed by atoms with E-state index in [2.05, 4.69) is 35.1 Å². The quantitative estimate of drug-likeness (QED) is 0.489. The molecule has 2 N–H and O–H groups in total. The second kappa shape index (κ2) is 6.87. The Balaban J connectivity index is 1.47. The van der Waals surface area contributed by atoms with Gasteiger partial charge in [0.05, 0.1) is 5.69 Å². The maximum absolute atomic E-state index is 13.0. The third-order valence-corrected chi connectivity index (χ3v) is 6.23. The summed E-state index contributed by atoms with van der Waals surface area (Å²) in [7, 11) is 1.81. The number of benzene rings is 2. The Kier molecular flexibility index (Phi) is 4.28. The zero-order chi connectivity index (χ0) is 20.9. The van der Waals surface area contributed by atoms with E-state index in [9.17, 15) is 4.79 Å². The Morgan fingerprint density at radius 1 is 1.10 bits per heavy atom. The van der Waals surface area contributed by atoms with Crippen LogP contribution in [0.1, 0.15) is 41.9 Å². The Hall–Kier alpha value is -3.34. The SMILES string of the molecule is CN(C(=O)c1ccc2[nH]c(-c3n[nH]c4c3CCC(C)(C)C4)cc2c1)c1ccccc1. The summed E-state index contributed by atoms with van der Waals surface area (Å²) in [5.41, 5.74) is 7.46. The molecule has 5 rings (SSSR count). The number of rotatable bonds is 3. The molecule has 0 atom stereocenters. The van der Waals surface area contributed by atoms with Crippen molar-refractivity contribution in [1.29, 1.82) is 0 Å². The molecule has 0 saturated carbocycles. The predicted octanol–water partition coefficient (Wildman–Crippen LogP) is 5.35. The number of aromatic nitrogens is 3. The number of H-pyrrole nitrogens is 2. The molecule has 30 heavy (non-hydrogen) atoms. The smallest absolute Gasteiger partial charge is 0.258 e. The fourth-order valence-electron chi connectivity index (χ4n) is 4.43. The molecule has 0 radical (unpaired) electrons. The molecule has 0 aliphatic heterocycles. The molecule has 5 nitrogen and oxygen atoms in total. The molecule has 1 aliphatic carbocycles. The van der Waals surface area contributed by atoms with Gasteiger partial charge in [-0.3, -0.25) is 9.89 Å². The highest BCUT2D eigenvalue weighted by Gasteiger charge is 2.29. The fourth-order valence-corrected chi connectivity index (χ4v) is 4.43. The van der Waals surface area contributed by atoms with E-state index in [0.717, 1.165) is 47.2 Å². The van der Waals surface area contributed by atoms with Crippen molar-refractivity contribution < 1.29 is 4.79 Å². The lowest BCUT2D eigenvalue weighted by atomic mass is 9.76. The van der Waals surface area contributed by atoms with Crippen molar-refractivity contribution in [3.8, 4) is 11.4 Å². The van der Waals surface area contributed by atoms with Crippen LogP contribution in [0.3, 0.4) is 0 Å². The van der Waals surface area contributed by atoms with Gasteiger partial charge in [0.15, 0.2) is 0 Å². The molecular formula is C25H26N4O. The Labute approximate surface area is 176 Å². The van der Waals surface area contributed by atoms with Crippen LogP contribution >= 0.6 is 0 Å². The van der Waals surface area contributed by atoms with Crippen molar-refractivity contribution in [1.82, 2.24) is 15.2 Å². The molecule has 0 spiro atoms. The van der Waals surface area contributed by atoms with Gasteiger partial charge in [-0.1, -0.05) is 32.0 Å². The summed E-state index contributed by atoms with van der Waals surface area (Å²) >= 11 is 0. The molecule has 0 unspecified atom stereocenters. The highest BCUT2D eigenvalue weighted by molar-refractivity contribution is 6.07. The Morgan fingerprint density at radius 2 is 1.90 bits per heavy atom. The molecule has 2 heterocycles. The monoisotopic (exact) mass is 398 g/mol. The molecule has 0 bridgehead atoms. The summed E-state index contributed by atoms with van der Waals surface area (Å²) in [6, 6.07) is 17.6. The first-order valence-corrected chi connectivity index (χ1v) is 10.4. The number of amides is 1. The van der Waals surface area contributed by atoms with E-state index < -0.39 is 0 Å². The lowest BCUT2D eigenvalue weighted by molar-refractivity contribution is 0.0993. The summed E-state index contributed by atoms with van der Waals surface area (Å²) in [6.07, 6.45) is 3.23. The number of nitrogens with one attached hydrogen (secondary N) is 2. The third kappa shape index (κ3) is 3.20. The van der Waals surface area contributed by atoms with Gasteiger partial charge < -0.3 is 9.88 Å². The third-order valence-electron chi connectivity index (χ3n) is 6.23. The van der Waals surface area contributed by atoms with Gasteiger partial charge in [0.25, 0.3) is 5.91 Å². The minimum Gasteiger partial charge on any atom is -0.353 e. The van der Waals surface area contributed by atoms with E-state index >= 15 is 0 Å². The first kappa shape index (κ1) is 18.7. The lowest BCUT2D eigenvalue weighted by Crippen LogP contribution is -2.25. The van der Waals surface area contributed by atoms with Crippen LogP contribution in [0, 0.1) is 5.41 Å². The van der Waals surface area contributed by atoms with Crippen molar-refractivity contribution in [2.45, 2.75) is 33.1 Å². The predicted molar refractivity (Wildman–Crippen MR) is 121 cm³/mol.